The number of nitrogens with one attached hydrogen (secondary N) is 1. The summed E-state index contributed by atoms with van der Waals surface area (Å²) in [6.45, 7) is 2.00. The molecule has 0 aliphatic rings. The molecule has 0 fully saturated rings. The van der Waals surface area contributed by atoms with Crippen LogP contribution >= 0.6 is 15.9 Å². The maximum absolute atomic E-state index is 4.11. The quantitative estimate of drug-likeness (QED) is 0.865. The molecule has 1 unspecified atom stereocenters. The van der Waals surface area contributed by atoms with Crippen LogP contribution in [0.2, 0.25) is 0 Å². The molecule has 16 heavy (non-hydrogen) atoms. The van der Waals surface area contributed by atoms with E-state index in [0.29, 0.717) is 0 Å². The van der Waals surface area contributed by atoms with Gasteiger partial charge < -0.3 is 9.88 Å². The molecule has 2 aromatic rings. The van der Waals surface area contributed by atoms with Gasteiger partial charge in [0.25, 0.3) is 0 Å². The number of halogens is 1. The fraction of sp³-hybridized carbons (Fsp3) is 0.333. The first-order valence-electron chi connectivity index (χ1n) is 4.75. The Balaban J connectivity index is 2.14. The molecule has 0 aliphatic heterocycles. The summed E-state index contributed by atoms with van der Waals surface area (Å²) in [5.74, 6) is 1.60. The number of hydrogen-bond donors (Lipinski definition) is 1. The van der Waals surface area contributed by atoms with Gasteiger partial charge >= 0.3 is 0 Å². The average molecular weight is 283 g/mol. The van der Waals surface area contributed by atoms with Gasteiger partial charge in [-0.25, -0.2) is 9.97 Å². The van der Waals surface area contributed by atoms with E-state index in [0.717, 1.165) is 16.2 Å². The largest absolute Gasteiger partial charge is 0.360 e. The van der Waals surface area contributed by atoms with E-state index in [9.17, 15) is 0 Å². The van der Waals surface area contributed by atoms with E-state index in [-0.39, 0.29) is 6.04 Å². The molecule has 7 heteroatoms. The zero-order valence-electron chi connectivity index (χ0n) is 8.92. The van der Waals surface area contributed by atoms with Gasteiger partial charge in [-0.1, -0.05) is 0 Å². The summed E-state index contributed by atoms with van der Waals surface area (Å²) < 4.78 is 2.61. The Morgan fingerprint density at radius 1 is 1.44 bits per heavy atom. The third kappa shape index (κ3) is 2.35. The van der Waals surface area contributed by atoms with E-state index in [1.807, 2.05) is 24.6 Å². The number of anilines is 1. The van der Waals surface area contributed by atoms with E-state index < -0.39 is 0 Å². The second-order valence-corrected chi connectivity index (χ2v) is 4.20. The van der Waals surface area contributed by atoms with Crippen molar-refractivity contribution in [2.75, 3.05) is 5.32 Å². The summed E-state index contributed by atoms with van der Waals surface area (Å²) in [6.07, 6.45) is 3.17. The molecule has 0 saturated heterocycles. The van der Waals surface area contributed by atoms with Crippen molar-refractivity contribution in [2.24, 2.45) is 7.05 Å². The van der Waals surface area contributed by atoms with Gasteiger partial charge in [0.15, 0.2) is 5.82 Å². The predicted octanol–water partition coefficient (Wildman–Crippen LogP) is 1.54. The molecular formula is C9H11BrN6. The zero-order valence-corrected chi connectivity index (χ0v) is 10.5. The first-order chi connectivity index (χ1) is 7.66. The Morgan fingerprint density at radius 2 is 2.25 bits per heavy atom. The minimum Gasteiger partial charge on any atom is -0.360 e. The van der Waals surface area contributed by atoms with Crippen LogP contribution in [-0.4, -0.2) is 24.7 Å². The van der Waals surface area contributed by atoms with Crippen LogP contribution in [0.3, 0.4) is 0 Å². The highest BCUT2D eigenvalue weighted by Gasteiger charge is 2.11. The van der Waals surface area contributed by atoms with Gasteiger partial charge in [-0.2, -0.15) is 0 Å². The van der Waals surface area contributed by atoms with Crippen molar-refractivity contribution < 1.29 is 0 Å². The summed E-state index contributed by atoms with van der Waals surface area (Å²) in [6, 6.07) is 1.85. The minimum atomic E-state index is 0.0364. The number of hydrogen-bond acceptors (Lipinski definition) is 5. The lowest BCUT2D eigenvalue weighted by Gasteiger charge is -2.13. The molecular weight excluding hydrogens is 272 g/mol. The van der Waals surface area contributed by atoms with Gasteiger partial charge in [-0.15, -0.1) is 10.2 Å². The van der Waals surface area contributed by atoms with Gasteiger partial charge in [0.05, 0.1) is 6.04 Å². The van der Waals surface area contributed by atoms with Crippen molar-refractivity contribution >= 4 is 21.7 Å². The molecule has 2 aromatic heterocycles. The SMILES string of the molecule is CC(Nc1cc(Br)ncn1)c1nncn1C. The first-order valence-corrected chi connectivity index (χ1v) is 5.54. The summed E-state index contributed by atoms with van der Waals surface area (Å²) in [7, 11) is 1.91. The van der Waals surface area contributed by atoms with Crippen LogP contribution in [0, 0.1) is 0 Å². The predicted molar refractivity (Wildman–Crippen MR) is 62.8 cm³/mol. The lowest BCUT2D eigenvalue weighted by atomic mass is 10.3. The van der Waals surface area contributed by atoms with Crippen molar-refractivity contribution in [1.82, 2.24) is 24.7 Å². The molecule has 0 aromatic carbocycles. The number of rotatable bonds is 3. The van der Waals surface area contributed by atoms with E-state index in [4.69, 9.17) is 0 Å². The Labute approximate surface area is 101 Å². The highest BCUT2D eigenvalue weighted by molar-refractivity contribution is 9.10. The monoisotopic (exact) mass is 282 g/mol. The Bertz CT molecular complexity index is 482. The third-order valence-electron chi connectivity index (χ3n) is 2.13. The molecule has 2 rings (SSSR count). The number of aromatic nitrogens is 5. The maximum Gasteiger partial charge on any atom is 0.154 e. The molecule has 84 valence electrons. The number of aryl methyl sites for hydroxylation is 1. The fourth-order valence-corrected chi connectivity index (χ4v) is 1.69. The molecule has 0 amide bonds. The van der Waals surface area contributed by atoms with Gasteiger partial charge in [0.2, 0.25) is 0 Å². The van der Waals surface area contributed by atoms with E-state index in [2.05, 4.69) is 41.4 Å². The summed E-state index contributed by atoms with van der Waals surface area (Å²) >= 11 is 3.29. The van der Waals surface area contributed by atoms with Crippen LogP contribution in [0.5, 0.6) is 0 Å². The van der Waals surface area contributed by atoms with Gasteiger partial charge in [-0.3, -0.25) is 0 Å². The highest BCUT2D eigenvalue weighted by Crippen LogP contribution is 2.16. The summed E-state index contributed by atoms with van der Waals surface area (Å²) in [4.78, 5) is 8.07. The smallest absolute Gasteiger partial charge is 0.154 e. The van der Waals surface area contributed by atoms with Gasteiger partial charge in [0.1, 0.15) is 23.1 Å². The van der Waals surface area contributed by atoms with E-state index in [1.54, 1.807) is 6.33 Å². The van der Waals surface area contributed by atoms with E-state index >= 15 is 0 Å². The third-order valence-corrected chi connectivity index (χ3v) is 2.57. The maximum atomic E-state index is 4.11. The molecule has 1 N–H and O–H groups in total. The molecule has 2 heterocycles. The number of nitrogens with zero attached hydrogens (tertiary/aromatic N) is 5. The molecule has 0 saturated carbocycles. The van der Waals surface area contributed by atoms with E-state index in [1.165, 1.54) is 6.33 Å². The van der Waals surface area contributed by atoms with Crippen molar-refractivity contribution in [2.45, 2.75) is 13.0 Å². The van der Waals surface area contributed by atoms with Crippen LogP contribution in [-0.2, 0) is 7.05 Å². The van der Waals surface area contributed by atoms with Crippen molar-refractivity contribution in [3.8, 4) is 0 Å². The van der Waals surface area contributed by atoms with Crippen molar-refractivity contribution in [3.05, 3.63) is 29.1 Å². The second-order valence-electron chi connectivity index (χ2n) is 3.39. The summed E-state index contributed by atoms with van der Waals surface area (Å²) in [5.41, 5.74) is 0. The fourth-order valence-electron chi connectivity index (χ4n) is 1.38. The van der Waals surface area contributed by atoms with Crippen molar-refractivity contribution in [3.63, 3.8) is 0 Å². The molecule has 0 aliphatic carbocycles. The Morgan fingerprint density at radius 3 is 2.88 bits per heavy atom. The minimum absolute atomic E-state index is 0.0364. The normalized spacial score (nSPS) is 12.4. The highest BCUT2D eigenvalue weighted by atomic mass is 79.9. The Kier molecular flexibility index (Phi) is 3.14. The molecule has 0 radical (unpaired) electrons. The van der Waals surface area contributed by atoms with Crippen LogP contribution in [0.1, 0.15) is 18.8 Å². The molecule has 1 atom stereocenters. The molecule has 0 spiro atoms. The average Bonchev–Trinajstić information content (AvgIpc) is 2.64. The summed E-state index contributed by atoms with van der Waals surface area (Å²) in [5, 5.41) is 11.1. The lowest BCUT2D eigenvalue weighted by molar-refractivity contribution is 0.716. The molecule has 6 nitrogen and oxygen atoms in total. The second kappa shape index (κ2) is 4.56. The zero-order chi connectivity index (χ0) is 11.5. The topological polar surface area (TPSA) is 68.5 Å². The molecule has 0 bridgehead atoms. The lowest BCUT2D eigenvalue weighted by Crippen LogP contribution is -2.12. The van der Waals surface area contributed by atoms with Crippen LogP contribution < -0.4 is 5.32 Å². The van der Waals surface area contributed by atoms with Gasteiger partial charge in [-0.05, 0) is 22.9 Å². The standard InChI is InChI=1S/C9H11BrN6/c1-6(9-15-13-5-16(9)2)14-8-3-7(10)11-4-12-8/h3-6H,1-2H3,(H,11,12,14). The van der Waals surface area contributed by atoms with Crippen LogP contribution in [0.4, 0.5) is 5.82 Å². The first kappa shape index (κ1) is 11.0. The van der Waals surface area contributed by atoms with Crippen LogP contribution in [0.15, 0.2) is 23.3 Å². The van der Waals surface area contributed by atoms with Gasteiger partial charge in [0, 0.05) is 13.1 Å². The van der Waals surface area contributed by atoms with Crippen LogP contribution in [0.25, 0.3) is 0 Å². The Hall–Kier alpha value is -1.50. The van der Waals surface area contributed by atoms with Crippen molar-refractivity contribution in [1.29, 1.82) is 0 Å².